The molecule has 0 atom stereocenters. The second-order valence-electron chi connectivity index (χ2n) is 4.72. The van der Waals surface area contributed by atoms with Gasteiger partial charge in [0.05, 0.1) is 17.0 Å². The molecule has 124 valence electrons. The van der Waals surface area contributed by atoms with Gasteiger partial charge in [0.1, 0.15) is 5.82 Å². The van der Waals surface area contributed by atoms with E-state index in [0.29, 0.717) is 22.0 Å². The molecule has 0 fully saturated rings. The number of nitrogens with zero attached hydrogens (tertiary/aromatic N) is 1. The van der Waals surface area contributed by atoms with Crippen LogP contribution in [0.5, 0.6) is 0 Å². The largest absolute Gasteiger partial charge is 0.449 e. The van der Waals surface area contributed by atoms with Gasteiger partial charge in [0.2, 0.25) is 0 Å². The molecule has 1 aromatic heterocycles. The van der Waals surface area contributed by atoms with Crippen LogP contribution in [0.1, 0.15) is 19.8 Å². The molecule has 0 saturated heterocycles. The van der Waals surface area contributed by atoms with Crippen LogP contribution >= 0.6 is 26.6 Å². The van der Waals surface area contributed by atoms with Crippen LogP contribution < -0.4 is 5.32 Å². The normalized spacial score (nSPS) is 11.4. The van der Waals surface area contributed by atoms with E-state index in [2.05, 4.69) is 26.2 Å². The van der Waals surface area contributed by atoms with Crippen molar-refractivity contribution in [1.82, 2.24) is 4.98 Å². The van der Waals surface area contributed by atoms with Crippen LogP contribution in [0.4, 0.5) is 10.6 Å². The van der Waals surface area contributed by atoms with Gasteiger partial charge in [-0.1, -0.05) is 29.3 Å². The highest BCUT2D eigenvalue weighted by Crippen LogP contribution is 2.29. The molecule has 1 aromatic carbocycles. The number of rotatable bonds is 5. The first kappa shape index (κ1) is 18.0. The van der Waals surface area contributed by atoms with Crippen LogP contribution in [-0.2, 0) is 13.8 Å². The summed E-state index contributed by atoms with van der Waals surface area (Å²) in [5.41, 5.74) is 0.380. The molecule has 0 aliphatic carbocycles. The Kier molecular flexibility index (Phi) is 5.83. The van der Waals surface area contributed by atoms with Crippen molar-refractivity contribution in [1.29, 1.82) is 0 Å². The van der Waals surface area contributed by atoms with Crippen molar-refractivity contribution < 1.29 is 17.9 Å². The molecule has 0 radical (unpaired) electrons. The molecule has 0 unspecified atom stereocenters. The first-order chi connectivity index (χ1) is 10.8. The number of aromatic nitrogens is 1. The predicted octanol–water partition coefficient (Wildman–Crippen LogP) is 4.27. The van der Waals surface area contributed by atoms with E-state index < -0.39 is 15.1 Å². The van der Waals surface area contributed by atoms with E-state index in [-0.39, 0.29) is 10.7 Å². The third-order valence-corrected chi connectivity index (χ3v) is 4.96. The average molecular weight is 422 g/mol. The van der Waals surface area contributed by atoms with Crippen molar-refractivity contribution in [3.05, 3.63) is 28.7 Å². The molecule has 1 N–H and O–H groups in total. The standard InChI is InChI=1S/C14H14BrClN2O4S/c1-2-3-6-22-14(19)18-13-5-4-10-11(15)7-9(23(16,20)21)8-12(10)17-13/h4-5,7-8H,2-3,6H2,1H3,(H,17,18,19). The van der Waals surface area contributed by atoms with E-state index in [1.807, 2.05) is 6.92 Å². The molecule has 0 bridgehead atoms. The van der Waals surface area contributed by atoms with Crippen LogP contribution in [0.3, 0.4) is 0 Å². The molecule has 23 heavy (non-hydrogen) atoms. The number of nitrogens with one attached hydrogen (secondary N) is 1. The zero-order valence-electron chi connectivity index (χ0n) is 12.2. The van der Waals surface area contributed by atoms with Gasteiger partial charge in [0.25, 0.3) is 9.05 Å². The van der Waals surface area contributed by atoms with E-state index in [1.165, 1.54) is 12.1 Å². The Hall–Kier alpha value is -1.38. The van der Waals surface area contributed by atoms with E-state index >= 15 is 0 Å². The van der Waals surface area contributed by atoms with Crippen LogP contribution in [0.2, 0.25) is 0 Å². The van der Waals surface area contributed by atoms with Crippen LogP contribution in [0.25, 0.3) is 10.9 Å². The number of halogens is 2. The van der Waals surface area contributed by atoms with Gasteiger partial charge in [-0.15, -0.1) is 0 Å². The summed E-state index contributed by atoms with van der Waals surface area (Å²) in [4.78, 5) is 15.8. The number of unbranched alkanes of at least 4 members (excludes halogenated alkanes) is 1. The monoisotopic (exact) mass is 420 g/mol. The fraction of sp³-hybridized carbons (Fsp3) is 0.286. The molecular formula is C14H14BrClN2O4S. The number of amides is 1. The van der Waals surface area contributed by atoms with Crippen molar-refractivity contribution in [2.75, 3.05) is 11.9 Å². The maximum Gasteiger partial charge on any atom is 0.412 e. The third kappa shape index (κ3) is 4.79. The minimum Gasteiger partial charge on any atom is -0.449 e. The van der Waals surface area contributed by atoms with E-state index in [4.69, 9.17) is 15.4 Å². The van der Waals surface area contributed by atoms with Gasteiger partial charge < -0.3 is 4.74 Å². The number of carbonyl (C=O) groups excluding carboxylic acids is 1. The number of anilines is 1. The fourth-order valence-electron chi connectivity index (χ4n) is 1.83. The lowest BCUT2D eigenvalue weighted by molar-refractivity contribution is 0.160. The highest BCUT2D eigenvalue weighted by molar-refractivity contribution is 9.10. The number of pyridine rings is 1. The average Bonchev–Trinajstić information content (AvgIpc) is 2.46. The number of benzene rings is 1. The summed E-state index contributed by atoms with van der Waals surface area (Å²) in [6, 6.07) is 6.05. The van der Waals surface area contributed by atoms with Crippen molar-refractivity contribution in [2.45, 2.75) is 24.7 Å². The maximum atomic E-state index is 11.6. The SMILES string of the molecule is CCCCOC(=O)Nc1ccc2c(Br)cc(S(=O)(=O)Cl)cc2n1. The summed E-state index contributed by atoms with van der Waals surface area (Å²) in [5, 5.41) is 3.19. The number of carbonyl (C=O) groups is 1. The molecule has 9 heteroatoms. The quantitative estimate of drug-likeness (QED) is 0.575. The summed E-state index contributed by atoms with van der Waals surface area (Å²) in [5.74, 6) is 0.259. The summed E-state index contributed by atoms with van der Waals surface area (Å²) < 4.78 is 28.5. The van der Waals surface area contributed by atoms with E-state index in [1.54, 1.807) is 12.1 Å². The Morgan fingerprint density at radius 3 is 2.78 bits per heavy atom. The summed E-state index contributed by atoms with van der Waals surface area (Å²) in [7, 11) is 1.48. The van der Waals surface area contributed by atoms with Gasteiger partial charge in [-0.25, -0.2) is 18.2 Å². The number of hydrogen-bond acceptors (Lipinski definition) is 5. The molecular weight excluding hydrogens is 408 g/mol. The molecule has 0 saturated carbocycles. The number of hydrogen-bond donors (Lipinski definition) is 1. The Morgan fingerprint density at radius 2 is 2.13 bits per heavy atom. The lowest BCUT2D eigenvalue weighted by atomic mass is 10.2. The second-order valence-corrected chi connectivity index (χ2v) is 8.14. The summed E-state index contributed by atoms with van der Waals surface area (Å²) in [6.07, 6.45) is 1.10. The molecule has 2 rings (SSSR count). The number of ether oxygens (including phenoxy) is 1. The zero-order valence-corrected chi connectivity index (χ0v) is 15.3. The predicted molar refractivity (Wildman–Crippen MR) is 92.4 cm³/mol. The first-order valence-corrected chi connectivity index (χ1v) is 9.90. The first-order valence-electron chi connectivity index (χ1n) is 6.80. The zero-order chi connectivity index (χ0) is 17.0. The Balaban J connectivity index is 2.29. The number of fused-ring (bicyclic) bond motifs is 1. The van der Waals surface area contributed by atoms with Gasteiger partial charge in [-0.3, -0.25) is 5.32 Å². The molecule has 0 aliphatic heterocycles. The lowest BCUT2D eigenvalue weighted by Crippen LogP contribution is -2.15. The lowest BCUT2D eigenvalue weighted by Gasteiger charge is -2.08. The van der Waals surface area contributed by atoms with Crippen molar-refractivity contribution >= 4 is 58.5 Å². The third-order valence-electron chi connectivity index (χ3n) is 2.97. The smallest absolute Gasteiger partial charge is 0.412 e. The summed E-state index contributed by atoms with van der Waals surface area (Å²) in [6.45, 7) is 2.32. The molecule has 2 aromatic rings. The molecule has 0 aliphatic rings. The topological polar surface area (TPSA) is 85.4 Å². The van der Waals surface area contributed by atoms with Gasteiger partial charge >= 0.3 is 6.09 Å². The van der Waals surface area contributed by atoms with Crippen molar-refractivity contribution in [2.24, 2.45) is 0 Å². The van der Waals surface area contributed by atoms with Crippen LogP contribution in [-0.4, -0.2) is 26.1 Å². The highest BCUT2D eigenvalue weighted by atomic mass is 79.9. The van der Waals surface area contributed by atoms with Crippen LogP contribution in [0, 0.1) is 0 Å². The molecule has 1 amide bonds. The Labute approximate surface area is 146 Å². The van der Waals surface area contributed by atoms with Gasteiger partial charge in [0, 0.05) is 20.5 Å². The maximum absolute atomic E-state index is 11.6. The van der Waals surface area contributed by atoms with E-state index in [9.17, 15) is 13.2 Å². The molecule has 0 spiro atoms. The van der Waals surface area contributed by atoms with E-state index in [0.717, 1.165) is 12.8 Å². The molecule has 6 nitrogen and oxygen atoms in total. The second kappa shape index (κ2) is 7.46. The highest BCUT2D eigenvalue weighted by Gasteiger charge is 2.14. The van der Waals surface area contributed by atoms with Gasteiger partial charge in [-0.05, 0) is 30.7 Å². The van der Waals surface area contributed by atoms with Gasteiger partial charge in [0.15, 0.2) is 0 Å². The minimum atomic E-state index is -3.88. The van der Waals surface area contributed by atoms with Crippen molar-refractivity contribution in [3.63, 3.8) is 0 Å². The fourth-order valence-corrected chi connectivity index (χ4v) is 3.34. The molecule has 1 heterocycles. The van der Waals surface area contributed by atoms with Gasteiger partial charge in [-0.2, -0.15) is 0 Å². The Bertz CT molecular complexity index is 842. The van der Waals surface area contributed by atoms with Crippen molar-refractivity contribution in [3.8, 4) is 0 Å². The Morgan fingerprint density at radius 1 is 1.39 bits per heavy atom. The summed E-state index contributed by atoms with van der Waals surface area (Å²) >= 11 is 3.28. The van der Waals surface area contributed by atoms with Crippen LogP contribution in [0.15, 0.2) is 33.6 Å². The minimum absolute atomic E-state index is 0.0753.